The van der Waals surface area contributed by atoms with Crippen LogP contribution in [0.5, 0.6) is 0 Å². The highest BCUT2D eigenvalue weighted by molar-refractivity contribution is 6.17. The minimum atomic E-state index is -0.170. The predicted molar refractivity (Wildman–Crippen MR) is 90.0 cm³/mol. The molecule has 0 saturated heterocycles. The van der Waals surface area contributed by atoms with Crippen molar-refractivity contribution >= 4 is 11.6 Å². The number of alkyl halides is 1. The molecular formula is C18H15ClN2O. The molecule has 0 aliphatic heterocycles. The molecule has 0 aliphatic rings. The summed E-state index contributed by atoms with van der Waals surface area (Å²) in [6.45, 7) is 1.71. The summed E-state index contributed by atoms with van der Waals surface area (Å²) in [7, 11) is 0. The van der Waals surface area contributed by atoms with Crippen LogP contribution in [0.4, 0.5) is 0 Å². The van der Waals surface area contributed by atoms with Crippen molar-refractivity contribution in [2.45, 2.75) is 12.8 Å². The fraction of sp³-hybridized carbons (Fsp3) is 0.111. The molecule has 4 heteroatoms. The Morgan fingerprint density at radius 2 is 1.68 bits per heavy atom. The number of H-pyrrole nitrogens is 1. The summed E-state index contributed by atoms with van der Waals surface area (Å²) in [5.74, 6) is 0.467. The van der Waals surface area contributed by atoms with Crippen LogP contribution in [0.3, 0.4) is 0 Å². The second kappa shape index (κ2) is 6.16. The Labute approximate surface area is 133 Å². The molecule has 1 aromatic heterocycles. The maximum Gasteiger partial charge on any atom is 0.269 e. The van der Waals surface area contributed by atoms with E-state index in [2.05, 4.69) is 9.97 Å². The van der Waals surface area contributed by atoms with E-state index in [4.69, 9.17) is 11.6 Å². The zero-order valence-electron chi connectivity index (χ0n) is 12.1. The van der Waals surface area contributed by atoms with Crippen LogP contribution in [0.15, 0.2) is 59.4 Å². The summed E-state index contributed by atoms with van der Waals surface area (Å²) in [6.07, 6.45) is 0. The number of aryl methyl sites for hydroxylation is 1. The molecule has 0 unspecified atom stereocenters. The van der Waals surface area contributed by atoms with E-state index < -0.39 is 0 Å². The van der Waals surface area contributed by atoms with Gasteiger partial charge in [-0.25, -0.2) is 4.98 Å². The molecule has 22 heavy (non-hydrogen) atoms. The van der Waals surface area contributed by atoms with Gasteiger partial charge in [-0.2, -0.15) is 0 Å². The number of aromatic amines is 1. The lowest BCUT2D eigenvalue weighted by atomic mass is 10.0. The van der Waals surface area contributed by atoms with E-state index in [1.54, 1.807) is 6.92 Å². The van der Waals surface area contributed by atoms with Crippen LogP contribution in [0.25, 0.3) is 22.5 Å². The summed E-state index contributed by atoms with van der Waals surface area (Å²) >= 11 is 5.83. The van der Waals surface area contributed by atoms with E-state index in [1.807, 2.05) is 54.6 Å². The van der Waals surface area contributed by atoms with Gasteiger partial charge in [-0.15, -0.1) is 11.6 Å². The Bertz CT molecular complexity index is 839. The Kier molecular flexibility index (Phi) is 4.07. The molecule has 0 saturated carbocycles. The fourth-order valence-electron chi connectivity index (χ4n) is 2.31. The average molecular weight is 311 g/mol. The number of benzene rings is 2. The van der Waals surface area contributed by atoms with Crippen molar-refractivity contribution in [1.82, 2.24) is 9.97 Å². The number of rotatable bonds is 3. The van der Waals surface area contributed by atoms with Gasteiger partial charge in [0.1, 0.15) is 5.69 Å². The molecule has 1 N–H and O–H groups in total. The van der Waals surface area contributed by atoms with E-state index >= 15 is 0 Å². The third kappa shape index (κ3) is 2.81. The van der Waals surface area contributed by atoms with Crippen molar-refractivity contribution in [2.24, 2.45) is 0 Å². The van der Waals surface area contributed by atoms with Crippen LogP contribution >= 0.6 is 11.6 Å². The van der Waals surface area contributed by atoms with Gasteiger partial charge in [0.25, 0.3) is 5.56 Å². The van der Waals surface area contributed by atoms with Crippen molar-refractivity contribution in [1.29, 1.82) is 0 Å². The fourth-order valence-corrected chi connectivity index (χ4v) is 2.49. The molecule has 3 aromatic rings. The molecular weight excluding hydrogens is 296 g/mol. The molecule has 3 nitrogen and oxygen atoms in total. The van der Waals surface area contributed by atoms with E-state index in [0.717, 1.165) is 28.1 Å². The minimum absolute atomic E-state index is 0.170. The molecule has 0 aliphatic carbocycles. The van der Waals surface area contributed by atoms with Crippen molar-refractivity contribution in [3.8, 4) is 22.5 Å². The van der Waals surface area contributed by atoms with Crippen LogP contribution in [-0.4, -0.2) is 9.97 Å². The van der Waals surface area contributed by atoms with Gasteiger partial charge in [0.15, 0.2) is 0 Å². The Morgan fingerprint density at radius 3 is 2.32 bits per heavy atom. The molecule has 0 amide bonds. The average Bonchev–Trinajstić information content (AvgIpc) is 2.58. The maximum absolute atomic E-state index is 12.0. The van der Waals surface area contributed by atoms with Gasteiger partial charge in [-0.1, -0.05) is 54.6 Å². The summed E-state index contributed by atoms with van der Waals surface area (Å²) in [4.78, 5) is 19.4. The van der Waals surface area contributed by atoms with Crippen molar-refractivity contribution < 1.29 is 0 Å². The van der Waals surface area contributed by atoms with Gasteiger partial charge >= 0.3 is 0 Å². The summed E-state index contributed by atoms with van der Waals surface area (Å²) in [6, 6.07) is 17.6. The first-order chi connectivity index (χ1) is 10.7. The smallest absolute Gasteiger partial charge is 0.269 e. The summed E-state index contributed by atoms with van der Waals surface area (Å²) in [5.41, 5.74) is 4.71. The Morgan fingerprint density at radius 1 is 1.00 bits per heavy atom. The van der Waals surface area contributed by atoms with E-state index in [1.165, 1.54) is 0 Å². The second-order valence-electron chi connectivity index (χ2n) is 5.07. The van der Waals surface area contributed by atoms with Crippen LogP contribution in [0.2, 0.25) is 0 Å². The van der Waals surface area contributed by atoms with Gasteiger partial charge in [-0.05, 0) is 12.5 Å². The van der Waals surface area contributed by atoms with E-state index in [0.29, 0.717) is 11.6 Å². The topological polar surface area (TPSA) is 45.8 Å². The normalized spacial score (nSPS) is 10.6. The first-order valence-corrected chi connectivity index (χ1v) is 7.54. The van der Waals surface area contributed by atoms with Gasteiger partial charge in [0.2, 0.25) is 0 Å². The largest absolute Gasteiger partial charge is 0.319 e. The Balaban J connectivity index is 2.21. The molecule has 0 spiro atoms. The number of hydrogen-bond acceptors (Lipinski definition) is 2. The number of nitrogens with zero attached hydrogens (tertiary/aromatic N) is 1. The predicted octanol–water partition coefficient (Wildman–Crippen LogP) is 4.15. The van der Waals surface area contributed by atoms with Crippen molar-refractivity contribution in [3.63, 3.8) is 0 Å². The molecule has 110 valence electrons. The molecule has 2 aromatic carbocycles. The van der Waals surface area contributed by atoms with Crippen LogP contribution in [0.1, 0.15) is 11.3 Å². The van der Waals surface area contributed by atoms with Crippen LogP contribution in [-0.2, 0) is 5.88 Å². The minimum Gasteiger partial charge on any atom is -0.319 e. The standard InChI is InChI=1S/C18H15ClN2O/c1-12-18(22)21-17(15-9-7-13(11-19)8-10-15)16(20-12)14-5-3-2-4-6-14/h2-10H,11H2,1H3,(H,21,22). The summed E-state index contributed by atoms with van der Waals surface area (Å²) < 4.78 is 0. The highest BCUT2D eigenvalue weighted by atomic mass is 35.5. The first kappa shape index (κ1) is 14.5. The van der Waals surface area contributed by atoms with Crippen molar-refractivity contribution in [3.05, 3.63) is 76.2 Å². The molecule has 0 bridgehead atoms. The van der Waals surface area contributed by atoms with Gasteiger partial charge < -0.3 is 4.98 Å². The molecule has 1 heterocycles. The van der Waals surface area contributed by atoms with Crippen LogP contribution < -0.4 is 5.56 Å². The molecule has 0 fully saturated rings. The highest BCUT2D eigenvalue weighted by Gasteiger charge is 2.12. The second-order valence-corrected chi connectivity index (χ2v) is 5.34. The van der Waals surface area contributed by atoms with Gasteiger partial charge in [-0.3, -0.25) is 4.79 Å². The molecule has 0 atom stereocenters. The van der Waals surface area contributed by atoms with Gasteiger partial charge in [0.05, 0.1) is 11.4 Å². The lowest BCUT2D eigenvalue weighted by Crippen LogP contribution is -2.14. The molecule has 3 rings (SSSR count). The Hall–Kier alpha value is -2.39. The molecule has 0 radical (unpaired) electrons. The van der Waals surface area contributed by atoms with Gasteiger partial charge in [0, 0.05) is 17.0 Å². The zero-order valence-corrected chi connectivity index (χ0v) is 12.9. The van der Waals surface area contributed by atoms with Crippen LogP contribution in [0, 0.1) is 6.92 Å². The summed E-state index contributed by atoms with van der Waals surface area (Å²) in [5, 5.41) is 0. The number of nitrogens with one attached hydrogen (secondary N) is 1. The maximum atomic E-state index is 12.0. The number of hydrogen-bond donors (Lipinski definition) is 1. The quantitative estimate of drug-likeness (QED) is 0.739. The number of halogens is 1. The SMILES string of the molecule is Cc1nc(-c2ccccc2)c(-c2ccc(CCl)cc2)[nH]c1=O. The monoisotopic (exact) mass is 310 g/mol. The lowest BCUT2D eigenvalue weighted by molar-refractivity contribution is 1.07. The third-order valence-corrected chi connectivity index (χ3v) is 3.84. The zero-order chi connectivity index (χ0) is 15.5. The van der Waals surface area contributed by atoms with Crippen molar-refractivity contribution in [2.75, 3.05) is 0 Å². The number of aromatic nitrogens is 2. The first-order valence-electron chi connectivity index (χ1n) is 7.00. The van der Waals surface area contributed by atoms with E-state index in [9.17, 15) is 4.79 Å². The highest BCUT2D eigenvalue weighted by Crippen LogP contribution is 2.28. The lowest BCUT2D eigenvalue weighted by Gasteiger charge is -2.10. The third-order valence-electron chi connectivity index (χ3n) is 3.53. The van der Waals surface area contributed by atoms with E-state index in [-0.39, 0.29) is 5.56 Å².